The Hall–Kier alpha value is -3.06. The summed E-state index contributed by atoms with van der Waals surface area (Å²) >= 11 is 6.49. The first kappa shape index (κ1) is 34.1. The number of aryl methyl sites for hydroxylation is 2. The van der Waals surface area contributed by atoms with Gasteiger partial charge in [-0.2, -0.15) is 0 Å². The minimum absolute atomic E-state index is 0.263. The third-order valence-electron chi connectivity index (χ3n) is 6.98. The van der Waals surface area contributed by atoms with Crippen molar-refractivity contribution in [3.05, 3.63) is 64.2 Å². The maximum atomic E-state index is 14.5. The van der Waals surface area contributed by atoms with Crippen LogP contribution in [0.3, 0.4) is 0 Å². The molecule has 226 valence electrons. The Morgan fingerprint density at radius 1 is 0.902 bits per heavy atom. The zero-order chi connectivity index (χ0) is 31.1. The molecular formula is C33H48ClN3O4. The van der Waals surface area contributed by atoms with Gasteiger partial charge in [-0.15, -0.1) is 0 Å². The van der Waals surface area contributed by atoms with Gasteiger partial charge in [0, 0.05) is 6.04 Å². The molecular weight excluding hydrogens is 538 g/mol. The first-order valence-corrected chi connectivity index (χ1v) is 14.8. The molecule has 0 radical (unpaired) electrons. The highest BCUT2D eigenvalue weighted by Crippen LogP contribution is 2.33. The predicted octanol–water partition coefficient (Wildman–Crippen LogP) is 7.84. The van der Waals surface area contributed by atoms with Crippen LogP contribution in [0, 0.1) is 25.7 Å². The summed E-state index contributed by atoms with van der Waals surface area (Å²) in [6, 6.07) is 10.8. The van der Waals surface area contributed by atoms with Crippen LogP contribution >= 0.6 is 11.6 Å². The number of nitrogens with one attached hydrogen (secondary N) is 2. The quantitative estimate of drug-likeness (QED) is 0.281. The zero-order valence-electron chi connectivity index (χ0n) is 26.3. The summed E-state index contributed by atoms with van der Waals surface area (Å²) in [6.07, 6.45) is 0.868. The van der Waals surface area contributed by atoms with Crippen molar-refractivity contribution in [1.82, 2.24) is 10.2 Å². The minimum Gasteiger partial charge on any atom is -0.444 e. The fourth-order valence-electron chi connectivity index (χ4n) is 4.71. The summed E-state index contributed by atoms with van der Waals surface area (Å²) in [5, 5.41) is 6.23. The molecule has 0 aliphatic heterocycles. The minimum atomic E-state index is -0.969. The Kier molecular flexibility index (Phi) is 12.3. The van der Waals surface area contributed by atoms with E-state index < -0.39 is 23.8 Å². The van der Waals surface area contributed by atoms with Gasteiger partial charge in [0.1, 0.15) is 17.7 Å². The van der Waals surface area contributed by atoms with Gasteiger partial charge in [0.15, 0.2) is 0 Å². The van der Waals surface area contributed by atoms with Gasteiger partial charge in [-0.3, -0.25) is 9.59 Å². The van der Waals surface area contributed by atoms with Crippen molar-refractivity contribution in [3.63, 3.8) is 0 Å². The number of benzene rings is 2. The number of nitrogens with zero attached hydrogens (tertiary/aromatic N) is 1. The van der Waals surface area contributed by atoms with Crippen molar-refractivity contribution in [2.75, 3.05) is 5.32 Å². The normalized spacial score (nSPS) is 13.9. The SMILES string of the molecule is Cc1ccccc1C(C(=O)Nc1c(C)cccc1Cl)N(C(=O)C(NC(=O)OC(C)(C)C)C(C)C)C(C)CCC(C)C. The summed E-state index contributed by atoms with van der Waals surface area (Å²) < 4.78 is 5.49. The number of halogens is 1. The van der Waals surface area contributed by atoms with Gasteiger partial charge in [0.2, 0.25) is 5.91 Å². The van der Waals surface area contributed by atoms with Gasteiger partial charge in [-0.1, -0.05) is 75.7 Å². The molecule has 0 aliphatic carbocycles. The first-order chi connectivity index (χ1) is 19.0. The molecule has 2 aromatic rings. The molecule has 0 fully saturated rings. The highest BCUT2D eigenvalue weighted by Gasteiger charge is 2.40. The molecule has 0 aromatic heterocycles. The molecule has 0 aliphatic rings. The fraction of sp³-hybridized carbons (Fsp3) is 0.545. The number of carbonyl (C=O) groups excluding carboxylic acids is 3. The second-order valence-corrected chi connectivity index (χ2v) is 13.0. The highest BCUT2D eigenvalue weighted by molar-refractivity contribution is 6.34. The lowest BCUT2D eigenvalue weighted by Crippen LogP contribution is -2.56. The zero-order valence-corrected chi connectivity index (χ0v) is 27.1. The van der Waals surface area contributed by atoms with Gasteiger partial charge in [0.25, 0.3) is 5.91 Å². The van der Waals surface area contributed by atoms with E-state index in [-0.39, 0.29) is 23.8 Å². The number of alkyl carbamates (subject to hydrolysis) is 1. The van der Waals surface area contributed by atoms with Crippen LogP contribution in [0.5, 0.6) is 0 Å². The van der Waals surface area contributed by atoms with Gasteiger partial charge in [-0.05, 0) is 89.0 Å². The number of anilines is 1. The Morgan fingerprint density at radius 2 is 1.51 bits per heavy atom. The molecule has 3 amide bonds. The smallest absolute Gasteiger partial charge is 0.408 e. The first-order valence-electron chi connectivity index (χ1n) is 14.5. The van der Waals surface area contributed by atoms with Crippen molar-refractivity contribution < 1.29 is 19.1 Å². The number of amides is 3. The molecule has 3 unspecified atom stereocenters. The summed E-state index contributed by atoms with van der Waals surface area (Å²) in [4.78, 5) is 43.3. The monoisotopic (exact) mass is 585 g/mol. The van der Waals surface area contributed by atoms with Crippen molar-refractivity contribution in [3.8, 4) is 0 Å². The number of rotatable bonds is 11. The lowest BCUT2D eigenvalue weighted by molar-refractivity contribution is -0.144. The van der Waals surface area contributed by atoms with Crippen molar-refractivity contribution >= 4 is 35.2 Å². The van der Waals surface area contributed by atoms with Crippen LogP contribution in [-0.2, 0) is 14.3 Å². The molecule has 8 heteroatoms. The van der Waals surface area contributed by atoms with E-state index >= 15 is 0 Å². The largest absolute Gasteiger partial charge is 0.444 e. The van der Waals surface area contributed by atoms with Crippen molar-refractivity contribution in [2.24, 2.45) is 11.8 Å². The third-order valence-corrected chi connectivity index (χ3v) is 7.29. The van der Waals surface area contributed by atoms with E-state index in [0.29, 0.717) is 28.6 Å². The number of hydrogen-bond acceptors (Lipinski definition) is 4. The topological polar surface area (TPSA) is 87.7 Å². The Morgan fingerprint density at radius 3 is 2.05 bits per heavy atom. The predicted molar refractivity (Wildman–Crippen MR) is 167 cm³/mol. The van der Waals surface area contributed by atoms with Gasteiger partial charge < -0.3 is 20.3 Å². The average molecular weight is 586 g/mol. The molecule has 2 aromatic carbocycles. The van der Waals surface area contributed by atoms with Crippen LogP contribution in [0.15, 0.2) is 42.5 Å². The van der Waals surface area contributed by atoms with Crippen LogP contribution in [0.1, 0.15) is 91.0 Å². The molecule has 0 bridgehead atoms. The lowest BCUT2D eigenvalue weighted by atomic mass is 9.93. The van der Waals surface area contributed by atoms with Crippen LogP contribution in [-0.4, -0.2) is 40.5 Å². The van der Waals surface area contributed by atoms with Crippen molar-refractivity contribution in [2.45, 2.75) is 106 Å². The standard InChI is InChI=1S/C33H48ClN3O4/c1-20(2)18-19-24(7)37(31(39)27(21(3)4)36-32(40)41-33(8,9)10)29(25-16-12-11-14-22(25)5)30(38)35-28-23(6)15-13-17-26(28)34/h11-17,20-21,24,27,29H,18-19H2,1-10H3,(H,35,38)(H,36,40). The van der Waals surface area contributed by atoms with E-state index in [1.165, 1.54) is 0 Å². The Bertz CT molecular complexity index is 1180. The summed E-state index contributed by atoms with van der Waals surface area (Å²) in [7, 11) is 0. The van der Waals surface area contributed by atoms with Gasteiger partial charge >= 0.3 is 6.09 Å². The number of ether oxygens (including phenoxy) is 1. The van der Waals surface area contributed by atoms with E-state index in [4.69, 9.17) is 16.3 Å². The summed E-state index contributed by atoms with van der Waals surface area (Å²) in [5.41, 5.74) is 2.17. The molecule has 41 heavy (non-hydrogen) atoms. The van der Waals surface area contributed by atoms with E-state index in [2.05, 4.69) is 24.5 Å². The van der Waals surface area contributed by atoms with E-state index in [9.17, 15) is 14.4 Å². The summed E-state index contributed by atoms with van der Waals surface area (Å²) in [5.74, 6) is -0.575. The van der Waals surface area contributed by atoms with Crippen molar-refractivity contribution in [1.29, 1.82) is 0 Å². The van der Waals surface area contributed by atoms with Gasteiger partial charge in [0.05, 0.1) is 10.7 Å². The molecule has 3 atom stereocenters. The molecule has 0 heterocycles. The molecule has 2 N–H and O–H groups in total. The van der Waals surface area contributed by atoms with Crippen LogP contribution < -0.4 is 10.6 Å². The molecule has 7 nitrogen and oxygen atoms in total. The van der Waals surface area contributed by atoms with Crippen LogP contribution in [0.4, 0.5) is 10.5 Å². The summed E-state index contributed by atoms with van der Waals surface area (Å²) in [6.45, 7) is 19.1. The van der Waals surface area contributed by atoms with Gasteiger partial charge in [-0.25, -0.2) is 4.79 Å². The van der Waals surface area contributed by atoms with Crippen LogP contribution in [0.25, 0.3) is 0 Å². The molecule has 2 rings (SSSR count). The maximum Gasteiger partial charge on any atom is 0.408 e. The maximum absolute atomic E-state index is 14.5. The highest BCUT2D eigenvalue weighted by atomic mass is 35.5. The lowest BCUT2D eigenvalue weighted by Gasteiger charge is -2.40. The average Bonchev–Trinajstić information content (AvgIpc) is 2.85. The van der Waals surface area contributed by atoms with Crippen LogP contribution in [0.2, 0.25) is 5.02 Å². The Labute approximate surface area is 251 Å². The third kappa shape index (κ3) is 9.77. The molecule has 0 saturated carbocycles. The Balaban J connectivity index is 2.67. The number of carbonyl (C=O) groups is 3. The molecule has 0 spiro atoms. The van der Waals surface area contributed by atoms with E-state index in [0.717, 1.165) is 17.5 Å². The second kappa shape index (κ2) is 14.7. The fourth-order valence-corrected chi connectivity index (χ4v) is 4.98. The van der Waals surface area contributed by atoms with E-state index in [1.54, 1.807) is 31.7 Å². The number of hydrogen-bond donors (Lipinski definition) is 2. The van der Waals surface area contributed by atoms with E-state index in [1.807, 2.05) is 71.0 Å². The molecule has 0 saturated heterocycles. The second-order valence-electron chi connectivity index (χ2n) is 12.6. The number of para-hydroxylation sites is 1.